The molecule has 2 aliphatic rings. The van der Waals surface area contributed by atoms with Crippen molar-refractivity contribution in [3.8, 4) is 11.5 Å². The second kappa shape index (κ2) is 4.47. The SMILES string of the molecule is CC1(C)CC1CNCc1ccc2c(c1)OCCO2. The molecule has 0 aromatic heterocycles. The minimum absolute atomic E-state index is 0.555. The maximum atomic E-state index is 5.58. The monoisotopic (exact) mass is 247 g/mol. The molecule has 1 N–H and O–H groups in total. The van der Waals surface area contributed by atoms with Crippen LogP contribution in [-0.2, 0) is 6.54 Å². The molecule has 0 bridgehead atoms. The molecular weight excluding hydrogens is 226 g/mol. The first kappa shape index (κ1) is 11.8. The van der Waals surface area contributed by atoms with Crippen LogP contribution in [-0.4, -0.2) is 19.8 Å². The lowest BCUT2D eigenvalue weighted by Gasteiger charge is -2.19. The minimum Gasteiger partial charge on any atom is -0.486 e. The van der Waals surface area contributed by atoms with Crippen LogP contribution in [0.5, 0.6) is 11.5 Å². The normalized spacial score (nSPS) is 23.8. The van der Waals surface area contributed by atoms with Crippen molar-refractivity contribution in [3.63, 3.8) is 0 Å². The fourth-order valence-corrected chi connectivity index (χ4v) is 2.51. The molecule has 18 heavy (non-hydrogen) atoms. The van der Waals surface area contributed by atoms with Crippen molar-refractivity contribution in [1.29, 1.82) is 0 Å². The highest BCUT2D eigenvalue weighted by molar-refractivity contribution is 5.43. The molecule has 1 heterocycles. The summed E-state index contributed by atoms with van der Waals surface area (Å²) < 4.78 is 11.1. The largest absolute Gasteiger partial charge is 0.486 e. The van der Waals surface area contributed by atoms with Gasteiger partial charge in [0.15, 0.2) is 11.5 Å². The van der Waals surface area contributed by atoms with Gasteiger partial charge in [0.1, 0.15) is 13.2 Å². The van der Waals surface area contributed by atoms with Crippen molar-refractivity contribution in [2.45, 2.75) is 26.8 Å². The van der Waals surface area contributed by atoms with Crippen molar-refractivity contribution in [2.75, 3.05) is 19.8 Å². The Balaban J connectivity index is 1.53. The Kier molecular flexibility index (Phi) is 2.94. The maximum absolute atomic E-state index is 5.58. The maximum Gasteiger partial charge on any atom is 0.161 e. The Morgan fingerprint density at radius 1 is 1.22 bits per heavy atom. The first-order valence-electron chi connectivity index (χ1n) is 6.74. The Hall–Kier alpha value is -1.22. The molecule has 3 rings (SSSR count). The number of rotatable bonds is 4. The van der Waals surface area contributed by atoms with Gasteiger partial charge in [0, 0.05) is 6.54 Å². The van der Waals surface area contributed by atoms with E-state index in [-0.39, 0.29) is 0 Å². The van der Waals surface area contributed by atoms with Crippen LogP contribution in [0.15, 0.2) is 18.2 Å². The molecular formula is C15H21NO2. The highest BCUT2D eigenvalue weighted by atomic mass is 16.6. The van der Waals surface area contributed by atoms with Crippen LogP contribution in [0.4, 0.5) is 0 Å². The van der Waals surface area contributed by atoms with Crippen LogP contribution in [0.3, 0.4) is 0 Å². The molecule has 1 aromatic rings. The van der Waals surface area contributed by atoms with E-state index in [1.54, 1.807) is 0 Å². The van der Waals surface area contributed by atoms with Gasteiger partial charge in [-0.05, 0) is 42.0 Å². The summed E-state index contributed by atoms with van der Waals surface area (Å²) in [5, 5.41) is 3.53. The molecule has 1 fully saturated rings. The lowest BCUT2D eigenvalue weighted by Crippen LogP contribution is -2.19. The molecule has 0 amide bonds. The Morgan fingerprint density at radius 2 is 1.94 bits per heavy atom. The van der Waals surface area contributed by atoms with E-state index in [9.17, 15) is 0 Å². The van der Waals surface area contributed by atoms with E-state index in [0.29, 0.717) is 18.6 Å². The molecule has 3 nitrogen and oxygen atoms in total. The van der Waals surface area contributed by atoms with Crippen LogP contribution in [0, 0.1) is 11.3 Å². The third-order valence-corrected chi connectivity index (χ3v) is 4.04. The quantitative estimate of drug-likeness (QED) is 0.887. The molecule has 1 atom stereocenters. The standard InChI is InChI=1S/C15H21NO2/c1-15(2)8-12(15)10-16-9-11-3-4-13-14(7-11)18-6-5-17-13/h3-4,7,12,16H,5-6,8-10H2,1-2H3. The Bertz CT molecular complexity index is 442. The zero-order valence-electron chi connectivity index (χ0n) is 11.2. The fraction of sp³-hybridized carbons (Fsp3) is 0.600. The minimum atomic E-state index is 0.555. The number of ether oxygens (including phenoxy) is 2. The van der Waals surface area contributed by atoms with Crippen molar-refractivity contribution in [1.82, 2.24) is 5.32 Å². The van der Waals surface area contributed by atoms with E-state index in [1.165, 1.54) is 12.0 Å². The molecule has 1 aromatic carbocycles. The third kappa shape index (κ3) is 2.46. The van der Waals surface area contributed by atoms with Crippen LogP contribution in [0.25, 0.3) is 0 Å². The third-order valence-electron chi connectivity index (χ3n) is 4.04. The van der Waals surface area contributed by atoms with E-state index in [0.717, 1.165) is 30.5 Å². The summed E-state index contributed by atoms with van der Waals surface area (Å²) in [6.07, 6.45) is 1.35. The number of fused-ring (bicyclic) bond motifs is 1. The topological polar surface area (TPSA) is 30.5 Å². The van der Waals surface area contributed by atoms with E-state index < -0.39 is 0 Å². The van der Waals surface area contributed by atoms with Crippen LogP contribution in [0.2, 0.25) is 0 Å². The zero-order valence-corrected chi connectivity index (χ0v) is 11.2. The highest BCUT2D eigenvalue weighted by Gasteiger charge is 2.44. The Morgan fingerprint density at radius 3 is 2.67 bits per heavy atom. The first-order chi connectivity index (χ1) is 8.65. The zero-order chi connectivity index (χ0) is 12.6. The van der Waals surface area contributed by atoms with Crippen LogP contribution >= 0.6 is 0 Å². The van der Waals surface area contributed by atoms with Crippen molar-refractivity contribution in [3.05, 3.63) is 23.8 Å². The van der Waals surface area contributed by atoms with Crippen LogP contribution in [0.1, 0.15) is 25.8 Å². The summed E-state index contributed by atoms with van der Waals surface area (Å²) in [4.78, 5) is 0. The van der Waals surface area contributed by atoms with Gasteiger partial charge in [-0.2, -0.15) is 0 Å². The van der Waals surface area contributed by atoms with E-state index in [2.05, 4.69) is 31.3 Å². The van der Waals surface area contributed by atoms with Gasteiger partial charge in [0.05, 0.1) is 0 Å². The summed E-state index contributed by atoms with van der Waals surface area (Å²) in [7, 11) is 0. The van der Waals surface area contributed by atoms with Gasteiger partial charge in [-0.3, -0.25) is 0 Å². The summed E-state index contributed by atoms with van der Waals surface area (Å²) in [5.74, 6) is 2.59. The van der Waals surface area contributed by atoms with E-state index in [4.69, 9.17) is 9.47 Å². The van der Waals surface area contributed by atoms with Gasteiger partial charge in [-0.1, -0.05) is 19.9 Å². The van der Waals surface area contributed by atoms with E-state index >= 15 is 0 Å². The van der Waals surface area contributed by atoms with Gasteiger partial charge in [0.2, 0.25) is 0 Å². The molecule has 0 radical (unpaired) electrons. The molecule has 1 aliphatic heterocycles. The predicted molar refractivity (Wildman–Crippen MR) is 71.0 cm³/mol. The van der Waals surface area contributed by atoms with Gasteiger partial charge < -0.3 is 14.8 Å². The smallest absolute Gasteiger partial charge is 0.161 e. The number of benzene rings is 1. The van der Waals surface area contributed by atoms with Gasteiger partial charge in [0.25, 0.3) is 0 Å². The van der Waals surface area contributed by atoms with Crippen molar-refractivity contribution < 1.29 is 9.47 Å². The van der Waals surface area contributed by atoms with Crippen molar-refractivity contribution >= 4 is 0 Å². The average Bonchev–Trinajstić information content (AvgIpc) is 2.97. The molecule has 0 spiro atoms. The van der Waals surface area contributed by atoms with Crippen LogP contribution < -0.4 is 14.8 Å². The lowest BCUT2D eigenvalue weighted by molar-refractivity contribution is 0.171. The van der Waals surface area contributed by atoms with Crippen molar-refractivity contribution in [2.24, 2.45) is 11.3 Å². The van der Waals surface area contributed by atoms with Gasteiger partial charge >= 0.3 is 0 Å². The average molecular weight is 247 g/mol. The predicted octanol–water partition coefficient (Wildman–Crippen LogP) is 2.59. The number of hydrogen-bond donors (Lipinski definition) is 1. The molecule has 0 saturated heterocycles. The van der Waals surface area contributed by atoms with E-state index in [1.807, 2.05) is 6.07 Å². The molecule has 3 heteroatoms. The summed E-state index contributed by atoms with van der Waals surface area (Å²) in [5.41, 5.74) is 1.82. The molecule has 1 saturated carbocycles. The van der Waals surface area contributed by atoms with Gasteiger partial charge in [-0.15, -0.1) is 0 Å². The fourth-order valence-electron chi connectivity index (χ4n) is 2.51. The second-order valence-electron chi connectivity index (χ2n) is 6.00. The number of nitrogens with one attached hydrogen (secondary N) is 1. The molecule has 1 aliphatic carbocycles. The molecule has 98 valence electrons. The highest BCUT2D eigenvalue weighted by Crippen LogP contribution is 2.51. The summed E-state index contributed by atoms with van der Waals surface area (Å²) >= 11 is 0. The van der Waals surface area contributed by atoms with Gasteiger partial charge in [-0.25, -0.2) is 0 Å². The Labute approximate surface area is 108 Å². The molecule has 1 unspecified atom stereocenters. The first-order valence-corrected chi connectivity index (χ1v) is 6.74. The lowest BCUT2D eigenvalue weighted by atomic mass is 10.1. The summed E-state index contributed by atoms with van der Waals surface area (Å²) in [6.45, 7) is 8.00. The number of hydrogen-bond acceptors (Lipinski definition) is 3. The summed E-state index contributed by atoms with van der Waals surface area (Å²) in [6, 6.07) is 6.20. The second-order valence-corrected chi connectivity index (χ2v) is 6.00.